The van der Waals surface area contributed by atoms with Gasteiger partial charge in [0, 0.05) is 25.7 Å². The number of carbonyl (C=O) groups is 8. The van der Waals surface area contributed by atoms with Crippen LogP contribution in [-0.4, -0.2) is 99.0 Å². The minimum atomic E-state index is -1.54. The molecule has 0 aliphatic heterocycles. The summed E-state index contributed by atoms with van der Waals surface area (Å²) >= 11 is 0. The average molecular weight is 547 g/mol. The molecule has 0 aromatic heterocycles. The Kier molecular flexibility index (Phi) is 15.5. The van der Waals surface area contributed by atoms with Gasteiger partial charge in [-0.3, -0.25) is 19.2 Å². The number of ketones is 1. The predicted octanol–water partition coefficient (Wildman–Crippen LogP) is -1.92. The van der Waals surface area contributed by atoms with Crippen molar-refractivity contribution in [1.82, 2.24) is 21.3 Å². The zero-order chi connectivity index (χ0) is 29.4. The van der Waals surface area contributed by atoms with Gasteiger partial charge >= 0.3 is 23.9 Å². The fourth-order valence-electron chi connectivity index (χ4n) is 3.14. The van der Waals surface area contributed by atoms with Crippen molar-refractivity contribution in [3.63, 3.8) is 0 Å². The lowest BCUT2D eigenvalue weighted by Gasteiger charge is -2.18. The molecule has 0 saturated carbocycles. The highest BCUT2D eigenvalue weighted by atomic mass is 16.4. The Labute approximate surface area is 217 Å². The molecule has 38 heavy (non-hydrogen) atoms. The molecule has 16 heteroatoms. The van der Waals surface area contributed by atoms with Gasteiger partial charge in [-0.15, -0.1) is 0 Å². The molecule has 0 rings (SSSR count). The van der Waals surface area contributed by atoms with E-state index in [1.165, 1.54) is 14.0 Å². The van der Waals surface area contributed by atoms with Crippen LogP contribution in [0.4, 0.5) is 0 Å². The van der Waals surface area contributed by atoms with Crippen LogP contribution in [0.5, 0.6) is 0 Å². The third-order valence-corrected chi connectivity index (χ3v) is 5.31. The van der Waals surface area contributed by atoms with Gasteiger partial charge in [0.1, 0.15) is 30.0 Å². The van der Waals surface area contributed by atoms with Gasteiger partial charge in [0.15, 0.2) is 0 Å². The maximum Gasteiger partial charge on any atom is 0.326 e. The summed E-state index contributed by atoms with van der Waals surface area (Å²) in [4.78, 5) is 92.4. The van der Waals surface area contributed by atoms with E-state index in [-0.39, 0.29) is 31.5 Å². The SMILES string of the molecule is CNC(CCC(=O)NC(CCC(=O)NC(CCC(=O)NC(CCC(C)=O)C(=O)O)C(=O)O)C(=O)O)C(=O)O. The summed E-state index contributed by atoms with van der Waals surface area (Å²) < 4.78 is 0. The van der Waals surface area contributed by atoms with E-state index in [1.54, 1.807) is 0 Å². The zero-order valence-electron chi connectivity index (χ0n) is 21.0. The van der Waals surface area contributed by atoms with E-state index in [0.717, 1.165) is 0 Å². The van der Waals surface area contributed by atoms with Crippen molar-refractivity contribution in [2.75, 3.05) is 7.05 Å². The minimum Gasteiger partial charge on any atom is -0.480 e. The van der Waals surface area contributed by atoms with Crippen LogP contribution in [0.3, 0.4) is 0 Å². The van der Waals surface area contributed by atoms with Crippen LogP contribution in [0.15, 0.2) is 0 Å². The van der Waals surface area contributed by atoms with E-state index in [0.29, 0.717) is 0 Å². The maximum atomic E-state index is 12.2. The van der Waals surface area contributed by atoms with Crippen molar-refractivity contribution in [3.8, 4) is 0 Å². The summed E-state index contributed by atoms with van der Waals surface area (Å²) in [5.74, 6) is -8.21. The number of aliphatic carboxylic acids is 4. The number of nitrogens with one attached hydrogen (secondary N) is 4. The molecule has 0 aromatic carbocycles. The molecule has 0 bridgehead atoms. The summed E-state index contributed by atoms with van der Waals surface area (Å²) in [5, 5.41) is 45.7. The molecule has 0 spiro atoms. The van der Waals surface area contributed by atoms with Crippen LogP contribution in [0.1, 0.15) is 58.3 Å². The molecule has 0 aliphatic carbocycles. The summed E-state index contributed by atoms with van der Waals surface area (Å²) in [6.07, 6.45) is -2.39. The van der Waals surface area contributed by atoms with Gasteiger partial charge in [0.05, 0.1) is 0 Å². The van der Waals surface area contributed by atoms with E-state index in [4.69, 9.17) is 10.2 Å². The highest BCUT2D eigenvalue weighted by Crippen LogP contribution is 2.06. The molecule has 0 heterocycles. The van der Waals surface area contributed by atoms with Gasteiger partial charge in [0.25, 0.3) is 0 Å². The Balaban J connectivity index is 4.81. The van der Waals surface area contributed by atoms with Gasteiger partial charge in [-0.2, -0.15) is 0 Å². The van der Waals surface area contributed by atoms with Gasteiger partial charge in [0.2, 0.25) is 17.7 Å². The van der Waals surface area contributed by atoms with Crippen LogP contribution in [-0.2, 0) is 38.4 Å². The smallest absolute Gasteiger partial charge is 0.326 e. The number of carboxylic acids is 4. The largest absolute Gasteiger partial charge is 0.480 e. The van der Waals surface area contributed by atoms with E-state index in [2.05, 4.69) is 21.3 Å². The van der Waals surface area contributed by atoms with E-state index < -0.39 is 91.4 Å². The summed E-state index contributed by atoms with van der Waals surface area (Å²) in [5.41, 5.74) is 0. The molecule has 0 radical (unpaired) electrons. The molecule has 0 fully saturated rings. The first-order chi connectivity index (χ1) is 17.7. The Bertz CT molecular complexity index is 907. The first-order valence-electron chi connectivity index (χ1n) is 11.6. The van der Waals surface area contributed by atoms with Crippen LogP contribution in [0.25, 0.3) is 0 Å². The first kappa shape index (κ1) is 33.9. The lowest BCUT2D eigenvalue weighted by molar-refractivity contribution is -0.144. The van der Waals surface area contributed by atoms with E-state index >= 15 is 0 Å². The van der Waals surface area contributed by atoms with Crippen LogP contribution in [0, 0.1) is 0 Å². The molecule has 4 unspecified atom stereocenters. The fourth-order valence-corrected chi connectivity index (χ4v) is 3.14. The Morgan fingerprint density at radius 3 is 1.00 bits per heavy atom. The monoisotopic (exact) mass is 546 g/mol. The summed E-state index contributed by atoms with van der Waals surface area (Å²) in [6.45, 7) is 1.26. The molecule has 16 nitrogen and oxygen atoms in total. The topological polar surface area (TPSA) is 266 Å². The minimum absolute atomic E-state index is 0.0817. The molecule has 3 amide bonds. The van der Waals surface area contributed by atoms with Crippen LogP contribution in [0.2, 0.25) is 0 Å². The van der Waals surface area contributed by atoms with Gasteiger partial charge < -0.3 is 46.5 Å². The number of carbonyl (C=O) groups excluding carboxylic acids is 4. The first-order valence-corrected chi connectivity index (χ1v) is 11.6. The number of carboxylic acid groups (broad SMARTS) is 4. The molecule has 0 saturated heterocycles. The highest BCUT2D eigenvalue weighted by Gasteiger charge is 2.26. The lowest BCUT2D eigenvalue weighted by atomic mass is 10.1. The number of likely N-dealkylation sites (N-methyl/N-ethyl adjacent to an activating group) is 1. The second-order valence-electron chi connectivity index (χ2n) is 8.41. The van der Waals surface area contributed by atoms with Crippen molar-refractivity contribution < 1.29 is 58.8 Å². The fraction of sp³-hybridized carbons (Fsp3) is 0.636. The third kappa shape index (κ3) is 14.5. The molecule has 8 N–H and O–H groups in total. The number of amides is 3. The van der Waals surface area contributed by atoms with Crippen molar-refractivity contribution in [3.05, 3.63) is 0 Å². The second-order valence-corrected chi connectivity index (χ2v) is 8.41. The average Bonchev–Trinajstić information content (AvgIpc) is 2.81. The number of rotatable bonds is 20. The molecule has 4 atom stereocenters. The van der Waals surface area contributed by atoms with Crippen molar-refractivity contribution in [2.24, 2.45) is 0 Å². The van der Waals surface area contributed by atoms with Gasteiger partial charge in [-0.25, -0.2) is 14.4 Å². The molecule has 0 aromatic rings. The normalized spacial score (nSPS) is 13.7. The van der Waals surface area contributed by atoms with Crippen molar-refractivity contribution in [1.29, 1.82) is 0 Å². The second kappa shape index (κ2) is 17.4. The molecule has 214 valence electrons. The maximum absolute atomic E-state index is 12.2. The third-order valence-electron chi connectivity index (χ3n) is 5.31. The van der Waals surface area contributed by atoms with Crippen molar-refractivity contribution >= 4 is 47.4 Å². The highest BCUT2D eigenvalue weighted by molar-refractivity contribution is 5.87. The number of hydrogen-bond acceptors (Lipinski definition) is 9. The quantitative estimate of drug-likeness (QED) is 0.0828. The van der Waals surface area contributed by atoms with E-state index in [9.17, 15) is 48.6 Å². The Morgan fingerprint density at radius 1 is 0.500 bits per heavy atom. The molecular weight excluding hydrogens is 512 g/mol. The number of hydrogen-bond donors (Lipinski definition) is 8. The van der Waals surface area contributed by atoms with Crippen LogP contribution >= 0.6 is 0 Å². The zero-order valence-corrected chi connectivity index (χ0v) is 21.0. The van der Waals surface area contributed by atoms with Crippen LogP contribution < -0.4 is 21.3 Å². The Hall–Kier alpha value is -4.08. The van der Waals surface area contributed by atoms with Gasteiger partial charge in [-0.1, -0.05) is 0 Å². The van der Waals surface area contributed by atoms with Gasteiger partial charge in [-0.05, 0) is 39.7 Å². The number of Topliss-reactive ketones (excluding diaryl/α,β-unsaturated/α-hetero) is 1. The molecular formula is C22H34N4O12. The predicted molar refractivity (Wildman–Crippen MR) is 127 cm³/mol. The summed E-state index contributed by atoms with van der Waals surface area (Å²) in [6, 6.07) is -5.40. The lowest BCUT2D eigenvalue weighted by Crippen LogP contribution is -2.45. The Morgan fingerprint density at radius 2 is 0.763 bits per heavy atom. The summed E-state index contributed by atoms with van der Waals surface area (Å²) in [7, 11) is 1.38. The van der Waals surface area contributed by atoms with E-state index in [1.807, 2.05) is 0 Å². The standard InChI is InChI=1S/C22H34N4O12/c1-11(27)3-4-13(20(33)34)24-17(29)9-6-15(22(37)38)26-18(30)10-7-14(21(35)36)25-16(28)8-5-12(23-2)19(31)32/h12-15,23H,3-10H2,1-2H3,(H,24,29)(H,25,28)(H,26,30)(H,31,32)(H,33,34)(H,35,36)(H,37,38). The molecule has 0 aliphatic rings. The van der Waals surface area contributed by atoms with Crippen molar-refractivity contribution in [2.45, 2.75) is 82.5 Å².